The fourth-order valence-corrected chi connectivity index (χ4v) is 9.14. The first-order valence-electron chi connectivity index (χ1n) is 22.3. The molecule has 0 bridgehead atoms. The van der Waals surface area contributed by atoms with E-state index in [1.165, 1.54) is 0 Å². The van der Waals surface area contributed by atoms with E-state index in [2.05, 4.69) is 77.4 Å². The number of nitriles is 4. The minimum atomic E-state index is 0.530. The van der Waals surface area contributed by atoms with Crippen molar-refractivity contribution in [3.63, 3.8) is 0 Å². The Morgan fingerprint density at radius 2 is 0.696 bits per heavy atom. The summed E-state index contributed by atoms with van der Waals surface area (Å²) < 4.78 is 2.30. The van der Waals surface area contributed by atoms with Gasteiger partial charge in [-0.3, -0.25) is 0 Å². The molecule has 0 radical (unpaired) electrons. The van der Waals surface area contributed by atoms with Crippen LogP contribution in [0.1, 0.15) is 22.3 Å². The van der Waals surface area contributed by atoms with Gasteiger partial charge in [0.25, 0.3) is 0 Å². The van der Waals surface area contributed by atoms with Crippen molar-refractivity contribution in [1.82, 2.24) is 14.5 Å². The molecular weight excluding hydrogens is 843 g/mol. The second-order valence-electron chi connectivity index (χ2n) is 16.7. The molecule has 11 rings (SSSR count). The van der Waals surface area contributed by atoms with Crippen molar-refractivity contribution in [2.75, 3.05) is 0 Å². The van der Waals surface area contributed by atoms with Crippen molar-refractivity contribution in [1.29, 1.82) is 21.0 Å². The van der Waals surface area contributed by atoms with Gasteiger partial charge < -0.3 is 4.57 Å². The summed E-state index contributed by atoms with van der Waals surface area (Å²) in [6, 6.07) is 79.0. The monoisotopic (exact) mass is 877 g/mol. The molecule has 7 heteroatoms. The molecule has 0 saturated heterocycles. The van der Waals surface area contributed by atoms with E-state index >= 15 is 0 Å². The molecule has 0 atom stereocenters. The quantitative estimate of drug-likeness (QED) is 0.150. The Kier molecular flexibility index (Phi) is 10.6. The minimum absolute atomic E-state index is 0.530. The van der Waals surface area contributed by atoms with Gasteiger partial charge in [0.15, 0.2) is 5.82 Å². The zero-order chi connectivity index (χ0) is 46.8. The van der Waals surface area contributed by atoms with Gasteiger partial charge in [-0.15, -0.1) is 0 Å². The second kappa shape index (κ2) is 17.7. The van der Waals surface area contributed by atoms with Crippen LogP contribution in [0.5, 0.6) is 0 Å². The van der Waals surface area contributed by atoms with Crippen LogP contribution in [0.2, 0.25) is 0 Å². The number of rotatable bonds is 8. The first kappa shape index (κ1) is 41.5. The van der Waals surface area contributed by atoms with Crippen LogP contribution in [-0.2, 0) is 0 Å². The molecule has 11 aromatic rings. The SMILES string of the molecule is N#Cc1ccc(-c2cc(-c3nc(-c4ccccc4)cc(-c4ccccc4)n3)cc(-c3ccc(C#N)cc3)c2-n2c3ccc(-c4cccc(C#N)c4)cc3c3cc(-c4cccc(C#N)c4)ccc32)cc1. The highest BCUT2D eigenvalue weighted by atomic mass is 15.0. The number of fused-ring (bicyclic) bond motifs is 3. The Morgan fingerprint density at radius 3 is 1.12 bits per heavy atom. The number of nitrogens with zero attached hydrogens (tertiary/aromatic N) is 7. The van der Waals surface area contributed by atoms with Gasteiger partial charge >= 0.3 is 0 Å². The Morgan fingerprint density at radius 1 is 0.304 bits per heavy atom. The molecule has 0 amide bonds. The summed E-state index contributed by atoms with van der Waals surface area (Å²) in [4.78, 5) is 10.5. The van der Waals surface area contributed by atoms with Crippen molar-refractivity contribution in [2.24, 2.45) is 0 Å². The second-order valence-corrected chi connectivity index (χ2v) is 16.7. The van der Waals surface area contributed by atoms with Crippen molar-refractivity contribution in [2.45, 2.75) is 0 Å². The molecule has 0 saturated carbocycles. The predicted octanol–water partition coefficient (Wildman–Crippen LogP) is 14.7. The van der Waals surface area contributed by atoms with Gasteiger partial charge in [-0.05, 0) is 124 Å². The van der Waals surface area contributed by atoms with Gasteiger partial charge in [-0.2, -0.15) is 21.0 Å². The summed E-state index contributed by atoms with van der Waals surface area (Å²) in [5.41, 5.74) is 16.4. The van der Waals surface area contributed by atoms with Gasteiger partial charge in [0.1, 0.15) is 0 Å². The summed E-state index contributed by atoms with van der Waals surface area (Å²) >= 11 is 0. The molecule has 0 spiro atoms. The van der Waals surface area contributed by atoms with Crippen molar-refractivity contribution in [3.8, 4) is 108 Å². The summed E-state index contributed by atoms with van der Waals surface area (Å²) in [7, 11) is 0. The van der Waals surface area contributed by atoms with E-state index in [4.69, 9.17) is 9.97 Å². The lowest BCUT2D eigenvalue weighted by atomic mass is 9.91. The van der Waals surface area contributed by atoms with E-state index in [1.807, 2.05) is 152 Å². The highest BCUT2D eigenvalue weighted by Gasteiger charge is 2.24. The molecule has 0 aliphatic carbocycles. The van der Waals surface area contributed by atoms with E-state index in [1.54, 1.807) is 12.1 Å². The summed E-state index contributed by atoms with van der Waals surface area (Å²) in [5, 5.41) is 41.5. The van der Waals surface area contributed by atoms with Crippen LogP contribution in [0.3, 0.4) is 0 Å². The summed E-state index contributed by atoms with van der Waals surface area (Å²) in [5.74, 6) is 0.530. The highest BCUT2D eigenvalue weighted by Crippen LogP contribution is 2.45. The maximum Gasteiger partial charge on any atom is 0.160 e. The number of hydrogen-bond acceptors (Lipinski definition) is 6. The normalized spacial score (nSPS) is 10.8. The third-order valence-corrected chi connectivity index (χ3v) is 12.5. The molecule has 318 valence electrons. The number of benzene rings is 9. The average Bonchev–Trinajstić information content (AvgIpc) is 3.75. The number of hydrogen-bond donors (Lipinski definition) is 0. The lowest BCUT2D eigenvalue weighted by molar-refractivity contribution is 1.17. The molecule has 9 aromatic carbocycles. The van der Waals surface area contributed by atoms with Crippen molar-refractivity contribution in [3.05, 3.63) is 235 Å². The van der Waals surface area contributed by atoms with Crippen LogP contribution in [0, 0.1) is 45.3 Å². The third kappa shape index (κ3) is 7.82. The Bertz CT molecular complexity index is 3720. The van der Waals surface area contributed by atoms with Crippen LogP contribution in [0.25, 0.3) is 106 Å². The smallest absolute Gasteiger partial charge is 0.160 e. The maximum absolute atomic E-state index is 9.95. The van der Waals surface area contributed by atoms with E-state index in [-0.39, 0.29) is 0 Å². The Labute approximate surface area is 398 Å². The third-order valence-electron chi connectivity index (χ3n) is 12.5. The standard InChI is InChI=1S/C62H35N7/c63-36-40-17-21-44(22-18-40)53-33-52(62-67-57(46-11-3-1-4-12-46)35-58(68-62)47-13-5-2-6-14-47)34-54(45-23-19-41(37-64)20-24-45)61(53)69-59-27-25-50(48-15-7-9-42(29-48)38-65)31-55(59)56-32-51(26-28-60(56)69)49-16-8-10-43(30-49)39-66/h1-35H. The molecule has 7 nitrogen and oxygen atoms in total. The van der Waals surface area contributed by atoms with Gasteiger partial charge in [-0.25, -0.2) is 9.97 Å². The van der Waals surface area contributed by atoms with Crippen LogP contribution >= 0.6 is 0 Å². The minimum Gasteiger partial charge on any atom is -0.308 e. The van der Waals surface area contributed by atoms with E-state index in [0.29, 0.717) is 28.1 Å². The lowest BCUT2D eigenvalue weighted by Crippen LogP contribution is -2.03. The summed E-state index contributed by atoms with van der Waals surface area (Å²) in [6.45, 7) is 0. The summed E-state index contributed by atoms with van der Waals surface area (Å²) in [6.07, 6.45) is 0. The van der Waals surface area contributed by atoms with Crippen LogP contribution < -0.4 is 0 Å². The average molecular weight is 878 g/mol. The van der Waals surface area contributed by atoms with Crippen molar-refractivity contribution < 1.29 is 0 Å². The van der Waals surface area contributed by atoms with Gasteiger partial charge in [0.2, 0.25) is 0 Å². The molecule has 0 unspecified atom stereocenters. The van der Waals surface area contributed by atoms with E-state index in [9.17, 15) is 21.0 Å². The molecule has 2 aromatic heterocycles. The fourth-order valence-electron chi connectivity index (χ4n) is 9.14. The molecule has 0 N–H and O–H groups in total. The van der Waals surface area contributed by atoms with Gasteiger partial charge in [0, 0.05) is 38.6 Å². The molecule has 0 fully saturated rings. The highest BCUT2D eigenvalue weighted by molar-refractivity contribution is 6.13. The van der Waals surface area contributed by atoms with E-state index in [0.717, 1.165) is 100 Å². The van der Waals surface area contributed by atoms with E-state index < -0.39 is 0 Å². The van der Waals surface area contributed by atoms with Crippen LogP contribution in [-0.4, -0.2) is 14.5 Å². The lowest BCUT2D eigenvalue weighted by Gasteiger charge is -2.21. The first-order chi connectivity index (χ1) is 34.0. The first-order valence-corrected chi connectivity index (χ1v) is 22.3. The van der Waals surface area contributed by atoms with Crippen LogP contribution in [0.4, 0.5) is 0 Å². The maximum atomic E-state index is 9.95. The fraction of sp³-hybridized carbons (Fsp3) is 0. The zero-order valence-corrected chi connectivity index (χ0v) is 36.8. The largest absolute Gasteiger partial charge is 0.308 e. The molecule has 2 heterocycles. The molecule has 0 aliphatic heterocycles. The van der Waals surface area contributed by atoms with Crippen molar-refractivity contribution >= 4 is 21.8 Å². The van der Waals surface area contributed by atoms with Crippen LogP contribution in [0.15, 0.2) is 212 Å². The van der Waals surface area contributed by atoms with Gasteiger partial charge in [0.05, 0.1) is 74.6 Å². The molecular formula is C62H35N7. The Balaban J connectivity index is 1.26. The predicted molar refractivity (Wildman–Crippen MR) is 273 cm³/mol. The Hall–Kier alpha value is -10.2. The molecule has 0 aliphatic rings. The number of aromatic nitrogens is 3. The topological polar surface area (TPSA) is 126 Å². The zero-order valence-electron chi connectivity index (χ0n) is 36.8. The molecule has 69 heavy (non-hydrogen) atoms. The van der Waals surface area contributed by atoms with Gasteiger partial charge in [-0.1, -0.05) is 121 Å².